The largest absolute Gasteiger partial charge is 0.380 e. The zero-order valence-electron chi connectivity index (χ0n) is 11.3. The Morgan fingerprint density at radius 1 is 1.41 bits per heavy atom. The highest BCUT2D eigenvalue weighted by Gasteiger charge is 2.35. The quantitative estimate of drug-likeness (QED) is 0.754. The summed E-state index contributed by atoms with van der Waals surface area (Å²) in [6, 6.07) is 0. The molecule has 3 nitrogen and oxygen atoms in total. The third-order valence-electron chi connectivity index (χ3n) is 4.44. The number of likely N-dealkylation sites (tertiary alicyclic amines) is 1. The molecule has 0 spiro atoms. The molecule has 17 heavy (non-hydrogen) atoms. The van der Waals surface area contributed by atoms with Crippen LogP contribution in [0.25, 0.3) is 0 Å². The molecule has 4 unspecified atom stereocenters. The maximum absolute atomic E-state index is 12.1. The summed E-state index contributed by atoms with van der Waals surface area (Å²) in [6.07, 6.45) is 3.49. The fourth-order valence-electron chi connectivity index (χ4n) is 3.41. The fourth-order valence-corrected chi connectivity index (χ4v) is 3.41. The van der Waals surface area contributed by atoms with Crippen molar-refractivity contribution in [2.75, 3.05) is 26.7 Å². The van der Waals surface area contributed by atoms with Crippen LogP contribution in [0.4, 0.5) is 0 Å². The number of carbonyl (C=O) groups excluding carboxylic acids is 1. The Hall–Kier alpha value is -0.410. The summed E-state index contributed by atoms with van der Waals surface area (Å²) in [7, 11) is 1.78. The SMILES string of the molecule is COC1CCN(CC2C(=O)CC(C)CC2C)C1. The molecule has 2 rings (SSSR count). The number of ketones is 1. The molecular weight excluding hydrogens is 214 g/mol. The Balaban J connectivity index is 1.88. The molecule has 2 fully saturated rings. The minimum Gasteiger partial charge on any atom is -0.380 e. The Morgan fingerprint density at radius 3 is 2.76 bits per heavy atom. The number of hydrogen-bond acceptors (Lipinski definition) is 3. The summed E-state index contributed by atoms with van der Waals surface area (Å²) in [4.78, 5) is 14.5. The van der Waals surface area contributed by atoms with Gasteiger partial charge in [-0.15, -0.1) is 0 Å². The lowest BCUT2D eigenvalue weighted by atomic mass is 9.74. The standard InChI is InChI=1S/C14H25NO2/c1-10-6-11(2)13(14(16)7-10)9-15-5-4-12(8-15)17-3/h10-13H,4-9H2,1-3H3. The molecule has 0 aromatic carbocycles. The van der Waals surface area contributed by atoms with Crippen molar-refractivity contribution in [1.82, 2.24) is 4.90 Å². The average molecular weight is 239 g/mol. The number of rotatable bonds is 3. The van der Waals surface area contributed by atoms with Gasteiger partial charge >= 0.3 is 0 Å². The summed E-state index contributed by atoms with van der Waals surface area (Å²) >= 11 is 0. The molecule has 0 radical (unpaired) electrons. The molecule has 0 aromatic rings. The first kappa shape index (κ1) is 13.0. The lowest BCUT2D eigenvalue weighted by Gasteiger charge is -2.33. The normalized spacial score (nSPS) is 39.8. The molecule has 0 N–H and O–H groups in total. The number of carbonyl (C=O) groups is 1. The summed E-state index contributed by atoms with van der Waals surface area (Å²) in [5.74, 6) is 1.88. The van der Waals surface area contributed by atoms with Crippen LogP contribution < -0.4 is 0 Å². The molecule has 4 atom stereocenters. The minimum absolute atomic E-state index is 0.266. The van der Waals surface area contributed by atoms with Crippen molar-refractivity contribution in [3.8, 4) is 0 Å². The van der Waals surface area contributed by atoms with Crippen LogP contribution in [0.5, 0.6) is 0 Å². The molecule has 3 heteroatoms. The Morgan fingerprint density at radius 2 is 2.18 bits per heavy atom. The average Bonchev–Trinajstić information content (AvgIpc) is 2.71. The van der Waals surface area contributed by atoms with E-state index in [4.69, 9.17) is 4.74 Å². The van der Waals surface area contributed by atoms with E-state index >= 15 is 0 Å². The molecular formula is C14H25NO2. The molecule has 1 aliphatic heterocycles. The summed E-state index contributed by atoms with van der Waals surface area (Å²) in [6.45, 7) is 7.48. The molecule has 1 heterocycles. The maximum Gasteiger partial charge on any atom is 0.137 e. The second-order valence-corrected chi connectivity index (χ2v) is 6.00. The van der Waals surface area contributed by atoms with E-state index in [1.165, 1.54) is 6.42 Å². The van der Waals surface area contributed by atoms with Gasteiger partial charge in [0.25, 0.3) is 0 Å². The van der Waals surface area contributed by atoms with E-state index in [9.17, 15) is 4.79 Å². The van der Waals surface area contributed by atoms with Gasteiger partial charge in [0.05, 0.1) is 6.10 Å². The number of methoxy groups -OCH3 is 1. The van der Waals surface area contributed by atoms with Crippen molar-refractivity contribution >= 4 is 5.78 Å². The first-order chi connectivity index (χ1) is 8.10. The van der Waals surface area contributed by atoms with E-state index < -0.39 is 0 Å². The highest BCUT2D eigenvalue weighted by molar-refractivity contribution is 5.82. The predicted molar refractivity (Wildman–Crippen MR) is 67.9 cm³/mol. The Labute approximate surface area is 105 Å². The van der Waals surface area contributed by atoms with Crippen molar-refractivity contribution in [3.63, 3.8) is 0 Å². The van der Waals surface area contributed by atoms with Gasteiger partial charge in [0, 0.05) is 39.1 Å². The van der Waals surface area contributed by atoms with Gasteiger partial charge in [-0.05, 0) is 24.7 Å². The molecule has 0 aromatic heterocycles. The number of ether oxygens (including phenoxy) is 1. The smallest absolute Gasteiger partial charge is 0.137 e. The van der Waals surface area contributed by atoms with Gasteiger partial charge in [0.2, 0.25) is 0 Å². The van der Waals surface area contributed by atoms with Crippen molar-refractivity contribution in [1.29, 1.82) is 0 Å². The van der Waals surface area contributed by atoms with Gasteiger partial charge in [0.1, 0.15) is 5.78 Å². The second-order valence-electron chi connectivity index (χ2n) is 6.00. The first-order valence-electron chi connectivity index (χ1n) is 6.88. The van der Waals surface area contributed by atoms with E-state index in [2.05, 4.69) is 18.7 Å². The Bertz CT molecular complexity index is 279. The van der Waals surface area contributed by atoms with E-state index in [0.717, 1.165) is 32.5 Å². The highest BCUT2D eigenvalue weighted by Crippen LogP contribution is 2.32. The van der Waals surface area contributed by atoms with Crippen LogP contribution in [0.3, 0.4) is 0 Å². The highest BCUT2D eigenvalue weighted by atomic mass is 16.5. The predicted octanol–water partition coefficient (Wildman–Crippen LogP) is 1.96. The van der Waals surface area contributed by atoms with Crippen LogP contribution in [-0.4, -0.2) is 43.5 Å². The summed E-state index contributed by atoms with van der Waals surface area (Å²) in [5, 5.41) is 0. The lowest BCUT2D eigenvalue weighted by Crippen LogP contribution is -2.39. The van der Waals surface area contributed by atoms with Gasteiger partial charge in [-0.25, -0.2) is 0 Å². The first-order valence-corrected chi connectivity index (χ1v) is 6.88. The van der Waals surface area contributed by atoms with Crippen LogP contribution in [0, 0.1) is 17.8 Å². The van der Waals surface area contributed by atoms with Gasteiger partial charge < -0.3 is 4.74 Å². The van der Waals surface area contributed by atoms with Gasteiger partial charge in [-0.3, -0.25) is 9.69 Å². The molecule has 1 saturated heterocycles. The van der Waals surface area contributed by atoms with E-state index in [1.807, 2.05) is 0 Å². The van der Waals surface area contributed by atoms with Crippen LogP contribution in [-0.2, 0) is 9.53 Å². The van der Waals surface area contributed by atoms with Crippen LogP contribution in [0.15, 0.2) is 0 Å². The van der Waals surface area contributed by atoms with Crippen LogP contribution >= 0.6 is 0 Å². The number of nitrogens with zero attached hydrogens (tertiary/aromatic N) is 1. The molecule has 1 aliphatic carbocycles. The molecule has 2 aliphatic rings. The topological polar surface area (TPSA) is 29.5 Å². The molecule has 98 valence electrons. The molecule has 0 amide bonds. The maximum atomic E-state index is 12.1. The number of Topliss-reactive ketones (excluding diaryl/α,β-unsaturated/α-hetero) is 1. The third kappa shape index (κ3) is 3.08. The van der Waals surface area contributed by atoms with Crippen molar-refractivity contribution in [3.05, 3.63) is 0 Å². The van der Waals surface area contributed by atoms with Gasteiger partial charge in [-0.1, -0.05) is 13.8 Å². The zero-order valence-corrected chi connectivity index (χ0v) is 11.3. The van der Waals surface area contributed by atoms with E-state index in [0.29, 0.717) is 23.7 Å². The van der Waals surface area contributed by atoms with Crippen LogP contribution in [0.2, 0.25) is 0 Å². The van der Waals surface area contributed by atoms with Crippen molar-refractivity contribution < 1.29 is 9.53 Å². The molecule has 0 bridgehead atoms. The summed E-state index contributed by atoms with van der Waals surface area (Å²) in [5.41, 5.74) is 0. The lowest BCUT2D eigenvalue weighted by molar-refractivity contribution is -0.128. The van der Waals surface area contributed by atoms with Gasteiger partial charge in [-0.2, -0.15) is 0 Å². The fraction of sp³-hybridized carbons (Fsp3) is 0.929. The minimum atomic E-state index is 0.266. The van der Waals surface area contributed by atoms with Crippen LogP contribution in [0.1, 0.15) is 33.1 Å². The second kappa shape index (κ2) is 5.49. The third-order valence-corrected chi connectivity index (χ3v) is 4.44. The summed E-state index contributed by atoms with van der Waals surface area (Å²) < 4.78 is 5.37. The van der Waals surface area contributed by atoms with Crippen molar-refractivity contribution in [2.24, 2.45) is 17.8 Å². The monoisotopic (exact) mass is 239 g/mol. The van der Waals surface area contributed by atoms with Crippen molar-refractivity contribution in [2.45, 2.75) is 39.2 Å². The zero-order chi connectivity index (χ0) is 12.4. The molecule has 1 saturated carbocycles. The number of hydrogen-bond donors (Lipinski definition) is 0. The Kier molecular flexibility index (Phi) is 4.21. The van der Waals surface area contributed by atoms with E-state index in [1.54, 1.807) is 7.11 Å². The van der Waals surface area contributed by atoms with Gasteiger partial charge in [0.15, 0.2) is 0 Å². The van der Waals surface area contributed by atoms with E-state index in [-0.39, 0.29) is 5.92 Å².